The summed E-state index contributed by atoms with van der Waals surface area (Å²) in [6.45, 7) is 2.10. The van der Waals surface area contributed by atoms with Crippen molar-refractivity contribution in [2.45, 2.75) is 63.6 Å². The lowest BCUT2D eigenvalue weighted by Gasteiger charge is -2.38. The lowest BCUT2D eigenvalue weighted by Crippen LogP contribution is -2.47. The number of fused-ring (bicyclic) bond motifs is 2. The molecule has 1 amide bonds. The Kier molecular flexibility index (Phi) is 3.84. The van der Waals surface area contributed by atoms with E-state index in [1.54, 1.807) is 6.20 Å². The molecule has 2 fully saturated rings. The van der Waals surface area contributed by atoms with E-state index in [0.717, 1.165) is 49.1 Å². The van der Waals surface area contributed by atoms with E-state index >= 15 is 0 Å². The summed E-state index contributed by atoms with van der Waals surface area (Å²) in [6, 6.07) is 0.952. The smallest absolute Gasteiger partial charge is 0.268 e. The van der Waals surface area contributed by atoms with E-state index in [1.165, 1.54) is 11.5 Å². The fraction of sp³-hybridized carbons (Fsp3) is 0.667. The number of hydrogen-bond acceptors (Lipinski definition) is 6. The van der Waals surface area contributed by atoms with Crippen LogP contribution in [0.5, 0.6) is 0 Å². The first-order chi connectivity index (χ1) is 11.3. The van der Waals surface area contributed by atoms with Crippen molar-refractivity contribution in [3.8, 4) is 0 Å². The van der Waals surface area contributed by atoms with Crippen LogP contribution in [0.15, 0.2) is 12.4 Å². The van der Waals surface area contributed by atoms with Gasteiger partial charge in [-0.15, -0.1) is 10.2 Å². The molecule has 2 aliphatic heterocycles. The Bertz CT molecular complexity index is 670. The minimum absolute atomic E-state index is 0.132. The van der Waals surface area contributed by atoms with Crippen molar-refractivity contribution in [1.82, 2.24) is 29.5 Å². The summed E-state index contributed by atoms with van der Waals surface area (Å²) in [5, 5.41) is 12.2. The molecular weight excluding hydrogens is 312 g/mol. The third-order valence-electron chi connectivity index (χ3n) is 4.99. The van der Waals surface area contributed by atoms with Gasteiger partial charge in [-0.05, 0) is 43.6 Å². The Balaban J connectivity index is 1.54. The first-order valence-electron chi connectivity index (χ1n) is 8.27. The molecule has 2 aromatic rings. The van der Waals surface area contributed by atoms with Crippen LogP contribution >= 0.6 is 11.5 Å². The zero-order chi connectivity index (χ0) is 15.8. The van der Waals surface area contributed by atoms with Crippen LogP contribution in [0, 0.1) is 0 Å². The van der Waals surface area contributed by atoms with Gasteiger partial charge in [-0.25, -0.2) is 4.68 Å². The highest BCUT2D eigenvalue weighted by molar-refractivity contribution is 7.08. The Morgan fingerprint density at radius 2 is 2.09 bits per heavy atom. The molecule has 2 bridgehead atoms. The minimum Gasteiger partial charge on any atom is -0.332 e. The molecule has 0 radical (unpaired) electrons. The molecule has 122 valence electrons. The SMILES string of the molecule is CCCc1nnsc1C(=O)N1C2CCC1CC(n1ccnn1)C2. The van der Waals surface area contributed by atoms with Crippen molar-refractivity contribution >= 4 is 17.4 Å². The monoisotopic (exact) mass is 332 g/mol. The molecule has 2 aliphatic rings. The Morgan fingerprint density at radius 1 is 1.30 bits per heavy atom. The molecule has 2 aromatic heterocycles. The van der Waals surface area contributed by atoms with Crippen LogP contribution in [0.1, 0.15) is 60.4 Å². The zero-order valence-electron chi connectivity index (χ0n) is 13.1. The van der Waals surface area contributed by atoms with E-state index in [0.29, 0.717) is 18.1 Å². The topological polar surface area (TPSA) is 76.8 Å². The van der Waals surface area contributed by atoms with Gasteiger partial charge in [0.15, 0.2) is 0 Å². The van der Waals surface area contributed by atoms with E-state index in [-0.39, 0.29) is 5.91 Å². The van der Waals surface area contributed by atoms with Gasteiger partial charge in [-0.2, -0.15) is 0 Å². The maximum Gasteiger partial charge on any atom is 0.268 e. The molecule has 2 atom stereocenters. The molecule has 0 saturated carbocycles. The third kappa shape index (κ3) is 2.54. The van der Waals surface area contributed by atoms with Crippen LogP contribution < -0.4 is 0 Å². The van der Waals surface area contributed by atoms with Gasteiger partial charge < -0.3 is 4.90 Å². The normalized spacial score (nSPS) is 26.7. The number of rotatable bonds is 4. The van der Waals surface area contributed by atoms with Gasteiger partial charge in [0.2, 0.25) is 0 Å². The highest BCUT2D eigenvalue weighted by Gasteiger charge is 2.45. The average molecular weight is 332 g/mol. The van der Waals surface area contributed by atoms with Crippen molar-refractivity contribution in [3.05, 3.63) is 23.0 Å². The summed E-state index contributed by atoms with van der Waals surface area (Å²) >= 11 is 1.24. The Morgan fingerprint density at radius 3 is 2.74 bits per heavy atom. The number of carbonyl (C=O) groups is 1. The molecule has 2 saturated heterocycles. The van der Waals surface area contributed by atoms with Crippen LogP contribution in [0.3, 0.4) is 0 Å². The van der Waals surface area contributed by atoms with Crippen LogP contribution in [-0.4, -0.2) is 47.5 Å². The van der Waals surface area contributed by atoms with E-state index < -0.39 is 0 Å². The predicted octanol–water partition coefficient (Wildman–Crippen LogP) is 2.09. The summed E-state index contributed by atoms with van der Waals surface area (Å²) in [4.78, 5) is 15.9. The van der Waals surface area contributed by atoms with Crippen molar-refractivity contribution in [1.29, 1.82) is 0 Å². The second-order valence-corrected chi connectivity index (χ2v) is 7.16. The number of nitrogens with zero attached hydrogens (tertiary/aromatic N) is 6. The number of piperidine rings is 1. The van der Waals surface area contributed by atoms with Crippen molar-refractivity contribution < 1.29 is 4.79 Å². The number of amides is 1. The maximum atomic E-state index is 13.0. The Labute approximate surface area is 138 Å². The van der Waals surface area contributed by atoms with Gasteiger partial charge in [-0.3, -0.25) is 4.79 Å². The van der Waals surface area contributed by atoms with Crippen LogP contribution in [0.2, 0.25) is 0 Å². The van der Waals surface area contributed by atoms with Crippen LogP contribution in [-0.2, 0) is 6.42 Å². The lowest BCUT2D eigenvalue weighted by molar-refractivity contribution is 0.0526. The molecular formula is C15H20N6OS. The molecule has 4 rings (SSSR count). The Hall–Kier alpha value is -1.83. The van der Waals surface area contributed by atoms with E-state index in [9.17, 15) is 4.79 Å². The van der Waals surface area contributed by atoms with Gasteiger partial charge >= 0.3 is 0 Å². The average Bonchev–Trinajstić information content (AvgIpc) is 3.27. The molecule has 0 aromatic carbocycles. The second kappa shape index (κ2) is 5.99. The molecule has 0 aliphatic carbocycles. The summed E-state index contributed by atoms with van der Waals surface area (Å²) in [7, 11) is 0. The number of aromatic nitrogens is 5. The van der Waals surface area contributed by atoms with Crippen LogP contribution in [0.4, 0.5) is 0 Å². The third-order valence-corrected chi connectivity index (χ3v) is 5.75. The van der Waals surface area contributed by atoms with E-state index in [4.69, 9.17) is 0 Å². The van der Waals surface area contributed by atoms with Crippen molar-refractivity contribution in [2.24, 2.45) is 0 Å². The molecule has 2 unspecified atom stereocenters. The molecule has 0 spiro atoms. The summed E-state index contributed by atoms with van der Waals surface area (Å²) in [6.07, 6.45) is 9.53. The maximum absolute atomic E-state index is 13.0. The summed E-state index contributed by atoms with van der Waals surface area (Å²) in [5.74, 6) is 0.132. The van der Waals surface area contributed by atoms with E-state index in [1.807, 2.05) is 10.9 Å². The molecule has 8 heteroatoms. The highest BCUT2D eigenvalue weighted by Crippen LogP contribution is 2.41. The predicted molar refractivity (Wildman–Crippen MR) is 85.2 cm³/mol. The van der Waals surface area contributed by atoms with Crippen molar-refractivity contribution in [3.63, 3.8) is 0 Å². The van der Waals surface area contributed by atoms with Crippen LogP contribution in [0.25, 0.3) is 0 Å². The summed E-state index contributed by atoms with van der Waals surface area (Å²) in [5.41, 5.74) is 0.861. The molecule has 7 nitrogen and oxygen atoms in total. The molecule has 23 heavy (non-hydrogen) atoms. The number of aryl methyl sites for hydroxylation is 1. The van der Waals surface area contributed by atoms with Gasteiger partial charge in [0.25, 0.3) is 5.91 Å². The van der Waals surface area contributed by atoms with Crippen molar-refractivity contribution in [2.75, 3.05) is 0 Å². The number of carbonyl (C=O) groups excluding carboxylic acids is 1. The van der Waals surface area contributed by atoms with Gasteiger partial charge in [-0.1, -0.05) is 23.0 Å². The zero-order valence-corrected chi connectivity index (χ0v) is 13.9. The first-order valence-corrected chi connectivity index (χ1v) is 9.05. The summed E-state index contributed by atoms with van der Waals surface area (Å²) < 4.78 is 5.95. The largest absolute Gasteiger partial charge is 0.332 e. The highest BCUT2D eigenvalue weighted by atomic mass is 32.1. The minimum atomic E-state index is 0.132. The fourth-order valence-electron chi connectivity index (χ4n) is 4.00. The van der Waals surface area contributed by atoms with Gasteiger partial charge in [0.1, 0.15) is 4.88 Å². The molecule has 4 heterocycles. The van der Waals surface area contributed by atoms with E-state index in [2.05, 4.69) is 31.7 Å². The van der Waals surface area contributed by atoms with Gasteiger partial charge in [0.05, 0.1) is 17.9 Å². The quantitative estimate of drug-likeness (QED) is 0.857. The fourth-order valence-corrected chi connectivity index (χ4v) is 4.65. The second-order valence-electron chi connectivity index (χ2n) is 6.40. The number of hydrogen-bond donors (Lipinski definition) is 0. The standard InChI is InChI=1S/C15H20N6OS/c1-2-3-13-14(23-19-17-13)15(22)21-10-4-5-11(21)9-12(8-10)20-7-6-16-18-20/h6-7,10-12H,2-5,8-9H2,1H3. The van der Waals surface area contributed by atoms with Gasteiger partial charge in [0, 0.05) is 18.3 Å². The molecule has 0 N–H and O–H groups in total. The first kappa shape index (κ1) is 14.7. The lowest BCUT2D eigenvalue weighted by atomic mass is 9.97.